The van der Waals surface area contributed by atoms with Crippen LogP contribution in [0.2, 0.25) is 0 Å². The van der Waals surface area contributed by atoms with Gasteiger partial charge < -0.3 is 20.5 Å². The van der Waals surface area contributed by atoms with E-state index in [-0.39, 0.29) is 5.91 Å². The van der Waals surface area contributed by atoms with Crippen LogP contribution in [0, 0.1) is 0 Å². The number of carbonyl (C=O) groups excluding carboxylic acids is 1. The zero-order valence-corrected chi connectivity index (χ0v) is 12.8. The molecule has 0 atom stereocenters. The van der Waals surface area contributed by atoms with Crippen LogP contribution in [0.5, 0.6) is 11.5 Å². The van der Waals surface area contributed by atoms with Crippen molar-refractivity contribution in [3.05, 3.63) is 23.6 Å². The fourth-order valence-corrected chi connectivity index (χ4v) is 2.85. The molecule has 0 saturated heterocycles. The molecule has 6 nitrogen and oxygen atoms in total. The van der Waals surface area contributed by atoms with Crippen molar-refractivity contribution in [1.82, 2.24) is 4.98 Å². The van der Waals surface area contributed by atoms with Crippen molar-refractivity contribution >= 4 is 22.4 Å². The second-order valence-corrected chi connectivity index (χ2v) is 5.69. The molecule has 1 aliphatic rings. The molecule has 0 fully saturated rings. The minimum absolute atomic E-state index is 0.0616. The number of hydrogen-bond acceptors (Lipinski definition) is 6. The van der Waals surface area contributed by atoms with Crippen LogP contribution in [0.25, 0.3) is 11.3 Å². The molecule has 0 spiro atoms. The summed E-state index contributed by atoms with van der Waals surface area (Å²) in [6.07, 6.45) is 1.08. The van der Waals surface area contributed by atoms with E-state index >= 15 is 0 Å². The van der Waals surface area contributed by atoms with Crippen molar-refractivity contribution in [3.63, 3.8) is 0 Å². The van der Waals surface area contributed by atoms with Crippen LogP contribution >= 0.6 is 11.3 Å². The first-order chi connectivity index (χ1) is 10.8. The summed E-state index contributed by atoms with van der Waals surface area (Å²) >= 11 is 1.40. The third-order valence-corrected chi connectivity index (χ3v) is 3.95. The van der Waals surface area contributed by atoms with Gasteiger partial charge in [-0.05, 0) is 31.2 Å². The minimum Gasteiger partial charge on any atom is -0.486 e. The maximum Gasteiger partial charge on any atom is 0.226 e. The number of ether oxygens (including phenoxy) is 2. The summed E-state index contributed by atoms with van der Waals surface area (Å²) in [5.74, 6) is 1.42. The highest BCUT2D eigenvalue weighted by molar-refractivity contribution is 7.14. The molecular formula is C15H17N3O3S. The number of nitrogens with zero attached hydrogens (tertiary/aromatic N) is 1. The Labute approximate surface area is 132 Å². The number of rotatable bonds is 5. The first-order valence-electron chi connectivity index (χ1n) is 7.12. The molecule has 2 aromatic rings. The van der Waals surface area contributed by atoms with E-state index in [2.05, 4.69) is 10.3 Å². The van der Waals surface area contributed by atoms with Gasteiger partial charge in [0.2, 0.25) is 5.91 Å². The number of benzene rings is 1. The Morgan fingerprint density at radius 3 is 2.95 bits per heavy atom. The van der Waals surface area contributed by atoms with Crippen LogP contribution in [0.15, 0.2) is 23.6 Å². The van der Waals surface area contributed by atoms with E-state index in [1.165, 1.54) is 11.3 Å². The van der Waals surface area contributed by atoms with Gasteiger partial charge in [0, 0.05) is 17.4 Å². The van der Waals surface area contributed by atoms with Crippen molar-refractivity contribution in [1.29, 1.82) is 0 Å². The third kappa shape index (κ3) is 3.37. The van der Waals surface area contributed by atoms with Crippen LogP contribution in [0.3, 0.4) is 0 Å². The Kier molecular flexibility index (Phi) is 4.55. The molecule has 3 rings (SSSR count). The largest absolute Gasteiger partial charge is 0.486 e. The second-order valence-electron chi connectivity index (χ2n) is 4.84. The third-order valence-electron chi connectivity index (χ3n) is 3.20. The number of nitrogens with two attached hydrogens (primary N) is 1. The van der Waals surface area contributed by atoms with Crippen LogP contribution in [-0.2, 0) is 4.79 Å². The van der Waals surface area contributed by atoms with Crippen molar-refractivity contribution in [2.24, 2.45) is 5.73 Å². The minimum atomic E-state index is -0.0616. The topological polar surface area (TPSA) is 86.5 Å². The van der Waals surface area contributed by atoms with E-state index in [9.17, 15) is 4.79 Å². The number of anilines is 1. The van der Waals surface area contributed by atoms with E-state index in [1.54, 1.807) is 0 Å². The average molecular weight is 319 g/mol. The molecule has 116 valence electrons. The van der Waals surface area contributed by atoms with Crippen LogP contribution in [0.1, 0.15) is 12.8 Å². The normalized spacial score (nSPS) is 13.0. The molecule has 0 unspecified atom stereocenters. The Morgan fingerprint density at radius 2 is 2.14 bits per heavy atom. The summed E-state index contributed by atoms with van der Waals surface area (Å²) in [4.78, 5) is 16.1. The maximum absolute atomic E-state index is 11.7. The number of hydrogen-bond donors (Lipinski definition) is 2. The highest BCUT2D eigenvalue weighted by Gasteiger charge is 2.14. The number of nitrogens with one attached hydrogen (secondary N) is 1. The van der Waals surface area contributed by atoms with Crippen LogP contribution in [-0.4, -0.2) is 30.6 Å². The molecule has 0 saturated carbocycles. The Balaban J connectivity index is 1.72. The van der Waals surface area contributed by atoms with Gasteiger partial charge in [-0.2, -0.15) is 0 Å². The highest BCUT2D eigenvalue weighted by Crippen LogP contribution is 2.35. The fraction of sp³-hybridized carbons (Fsp3) is 0.333. The molecule has 0 aliphatic carbocycles. The summed E-state index contributed by atoms with van der Waals surface area (Å²) < 4.78 is 11.1. The van der Waals surface area contributed by atoms with Crippen LogP contribution in [0.4, 0.5) is 5.13 Å². The first-order valence-corrected chi connectivity index (χ1v) is 7.99. The van der Waals surface area contributed by atoms with Crippen LogP contribution < -0.4 is 20.5 Å². The summed E-state index contributed by atoms with van der Waals surface area (Å²) in [6, 6.07) is 5.72. The molecule has 22 heavy (non-hydrogen) atoms. The van der Waals surface area contributed by atoms with Crippen molar-refractivity contribution < 1.29 is 14.3 Å². The Morgan fingerprint density at radius 1 is 1.32 bits per heavy atom. The number of aromatic nitrogens is 1. The zero-order chi connectivity index (χ0) is 15.4. The molecule has 0 radical (unpaired) electrons. The van der Waals surface area contributed by atoms with Gasteiger partial charge in [0.05, 0.1) is 5.69 Å². The number of carbonyl (C=O) groups is 1. The van der Waals surface area contributed by atoms with Gasteiger partial charge in [-0.3, -0.25) is 4.79 Å². The molecule has 0 bridgehead atoms. The summed E-state index contributed by atoms with van der Waals surface area (Å²) in [5, 5.41) is 5.28. The first kappa shape index (κ1) is 14.8. The highest BCUT2D eigenvalue weighted by atomic mass is 32.1. The average Bonchev–Trinajstić information content (AvgIpc) is 3.01. The lowest BCUT2D eigenvalue weighted by atomic mass is 10.1. The molecule has 3 N–H and O–H groups in total. The zero-order valence-electron chi connectivity index (χ0n) is 12.0. The SMILES string of the molecule is NCCCC(=O)Nc1nc(-c2ccc3c(c2)OCCO3)cs1. The number of fused-ring (bicyclic) bond motifs is 1. The molecule has 1 aromatic carbocycles. The number of thiazole rings is 1. The monoisotopic (exact) mass is 319 g/mol. The van der Waals surface area contributed by atoms with E-state index in [4.69, 9.17) is 15.2 Å². The Hall–Kier alpha value is -2.12. The van der Waals surface area contributed by atoms with Crippen molar-refractivity contribution in [3.8, 4) is 22.8 Å². The standard InChI is InChI=1S/C15H17N3O3S/c16-5-1-2-14(19)18-15-17-11(9-22-15)10-3-4-12-13(8-10)21-7-6-20-12/h3-4,8-9H,1-2,5-7,16H2,(H,17,18,19). The summed E-state index contributed by atoms with van der Waals surface area (Å²) in [5.41, 5.74) is 7.13. The maximum atomic E-state index is 11.7. The van der Waals surface area contributed by atoms with Gasteiger partial charge in [0.25, 0.3) is 0 Å². The molecule has 1 aliphatic heterocycles. The predicted molar refractivity (Wildman–Crippen MR) is 85.5 cm³/mol. The molecule has 7 heteroatoms. The van der Waals surface area contributed by atoms with Gasteiger partial charge in [-0.25, -0.2) is 4.98 Å². The Bertz CT molecular complexity index is 672. The van der Waals surface area contributed by atoms with Gasteiger partial charge in [0.15, 0.2) is 16.6 Å². The van der Waals surface area contributed by atoms with Gasteiger partial charge in [-0.1, -0.05) is 0 Å². The number of amides is 1. The smallest absolute Gasteiger partial charge is 0.226 e. The van der Waals surface area contributed by atoms with E-state index in [0.717, 1.165) is 22.8 Å². The van der Waals surface area contributed by atoms with E-state index in [1.807, 2.05) is 23.6 Å². The molecule has 2 heterocycles. The van der Waals surface area contributed by atoms with Gasteiger partial charge >= 0.3 is 0 Å². The lowest BCUT2D eigenvalue weighted by Gasteiger charge is -2.18. The van der Waals surface area contributed by atoms with E-state index < -0.39 is 0 Å². The second kappa shape index (κ2) is 6.76. The lowest BCUT2D eigenvalue weighted by molar-refractivity contribution is -0.116. The molecule has 1 aromatic heterocycles. The van der Waals surface area contributed by atoms with Crippen molar-refractivity contribution in [2.75, 3.05) is 25.1 Å². The summed E-state index contributed by atoms with van der Waals surface area (Å²) in [6.45, 7) is 1.63. The predicted octanol–water partition coefficient (Wildman–Crippen LogP) is 2.26. The van der Waals surface area contributed by atoms with Crippen molar-refractivity contribution in [2.45, 2.75) is 12.8 Å². The van der Waals surface area contributed by atoms with Gasteiger partial charge in [-0.15, -0.1) is 11.3 Å². The summed E-state index contributed by atoms with van der Waals surface area (Å²) in [7, 11) is 0. The molecule has 1 amide bonds. The van der Waals surface area contributed by atoms with Gasteiger partial charge in [0.1, 0.15) is 13.2 Å². The quantitative estimate of drug-likeness (QED) is 0.883. The lowest BCUT2D eigenvalue weighted by Crippen LogP contribution is -2.15. The van der Waals surface area contributed by atoms with E-state index in [0.29, 0.717) is 37.7 Å². The fourth-order valence-electron chi connectivity index (χ4n) is 2.11. The molecular weight excluding hydrogens is 302 g/mol.